The van der Waals surface area contributed by atoms with Gasteiger partial charge < -0.3 is 5.73 Å². The molecule has 0 aromatic carbocycles. The van der Waals surface area contributed by atoms with Gasteiger partial charge in [0.05, 0.1) is 11.9 Å². The number of nitrogens with zero attached hydrogens (tertiary/aromatic N) is 1. The molecule has 0 bridgehead atoms. The van der Waals surface area contributed by atoms with Gasteiger partial charge in [-0.1, -0.05) is 47.5 Å². The maximum atomic E-state index is 6.05. The molecule has 1 aliphatic rings. The van der Waals surface area contributed by atoms with Gasteiger partial charge >= 0.3 is 0 Å². The SMILES string of the molecule is CC(C)(C)C(N)=NC1CCCCC1(C)C. The Bertz CT molecular complexity index is 246. The minimum Gasteiger partial charge on any atom is -0.387 e. The summed E-state index contributed by atoms with van der Waals surface area (Å²) in [6, 6.07) is 0.422. The molecule has 2 nitrogen and oxygen atoms in total. The Morgan fingerprint density at radius 3 is 2.33 bits per heavy atom. The van der Waals surface area contributed by atoms with E-state index in [4.69, 9.17) is 10.7 Å². The van der Waals surface area contributed by atoms with Crippen LogP contribution in [0.3, 0.4) is 0 Å². The van der Waals surface area contributed by atoms with Crippen molar-refractivity contribution in [3.8, 4) is 0 Å². The van der Waals surface area contributed by atoms with E-state index in [2.05, 4.69) is 34.6 Å². The number of amidine groups is 1. The first-order chi connectivity index (χ1) is 6.73. The predicted molar refractivity (Wildman–Crippen MR) is 67.1 cm³/mol. The molecule has 0 heterocycles. The van der Waals surface area contributed by atoms with Crippen LogP contribution in [0.5, 0.6) is 0 Å². The predicted octanol–water partition coefficient (Wildman–Crippen LogP) is 3.36. The van der Waals surface area contributed by atoms with Gasteiger partial charge in [-0.2, -0.15) is 0 Å². The van der Waals surface area contributed by atoms with E-state index < -0.39 is 0 Å². The summed E-state index contributed by atoms with van der Waals surface area (Å²) in [5.41, 5.74) is 6.39. The van der Waals surface area contributed by atoms with Gasteiger partial charge in [0.15, 0.2) is 0 Å². The summed E-state index contributed by atoms with van der Waals surface area (Å²) >= 11 is 0. The van der Waals surface area contributed by atoms with Gasteiger partial charge in [0.1, 0.15) is 0 Å². The maximum absolute atomic E-state index is 6.05. The van der Waals surface area contributed by atoms with Crippen LogP contribution in [0, 0.1) is 10.8 Å². The Morgan fingerprint density at radius 2 is 1.87 bits per heavy atom. The molecular weight excluding hydrogens is 184 g/mol. The molecule has 15 heavy (non-hydrogen) atoms. The molecule has 1 aliphatic carbocycles. The van der Waals surface area contributed by atoms with E-state index in [1.54, 1.807) is 0 Å². The van der Waals surface area contributed by atoms with E-state index >= 15 is 0 Å². The first kappa shape index (κ1) is 12.5. The van der Waals surface area contributed by atoms with E-state index in [1.807, 2.05) is 0 Å². The Labute approximate surface area is 94.3 Å². The van der Waals surface area contributed by atoms with Crippen LogP contribution in [-0.4, -0.2) is 11.9 Å². The number of hydrogen-bond acceptors (Lipinski definition) is 1. The zero-order valence-electron chi connectivity index (χ0n) is 10.9. The molecule has 0 spiro atoms. The first-order valence-electron chi connectivity index (χ1n) is 6.07. The third-order valence-corrected chi connectivity index (χ3v) is 3.51. The van der Waals surface area contributed by atoms with Gasteiger partial charge in [-0.25, -0.2) is 0 Å². The molecule has 0 radical (unpaired) electrons. The highest BCUT2D eigenvalue weighted by Gasteiger charge is 2.32. The normalized spacial score (nSPS) is 27.8. The summed E-state index contributed by atoms with van der Waals surface area (Å²) in [6.45, 7) is 11.0. The van der Waals surface area contributed by atoms with Crippen LogP contribution in [0.1, 0.15) is 60.3 Å². The molecule has 0 saturated heterocycles. The molecule has 0 aromatic heterocycles. The molecule has 1 unspecified atom stereocenters. The fraction of sp³-hybridized carbons (Fsp3) is 0.923. The molecule has 1 rings (SSSR count). The van der Waals surface area contributed by atoms with Crippen LogP contribution < -0.4 is 5.73 Å². The van der Waals surface area contributed by atoms with Crippen LogP contribution in [-0.2, 0) is 0 Å². The highest BCUT2D eigenvalue weighted by atomic mass is 14.9. The fourth-order valence-electron chi connectivity index (χ4n) is 2.08. The molecule has 2 N–H and O–H groups in total. The van der Waals surface area contributed by atoms with Crippen LogP contribution >= 0.6 is 0 Å². The van der Waals surface area contributed by atoms with Crippen molar-refractivity contribution in [1.82, 2.24) is 0 Å². The Hall–Kier alpha value is -0.530. The molecule has 1 fully saturated rings. The summed E-state index contributed by atoms with van der Waals surface area (Å²) in [7, 11) is 0. The van der Waals surface area contributed by atoms with E-state index in [-0.39, 0.29) is 5.41 Å². The Morgan fingerprint density at radius 1 is 1.27 bits per heavy atom. The standard InChI is InChI=1S/C13H26N2/c1-12(2,3)11(14)15-10-8-6-7-9-13(10,4)5/h10H,6-9H2,1-5H3,(H2,14,15). The lowest BCUT2D eigenvalue weighted by molar-refractivity contribution is 0.203. The second-order valence-corrected chi connectivity index (χ2v) is 6.51. The zero-order valence-corrected chi connectivity index (χ0v) is 10.9. The molecule has 1 atom stereocenters. The second kappa shape index (κ2) is 4.15. The van der Waals surface area contributed by atoms with E-state index in [0.29, 0.717) is 11.5 Å². The molecule has 0 aliphatic heterocycles. The number of rotatable bonds is 1. The van der Waals surface area contributed by atoms with Crippen molar-refractivity contribution < 1.29 is 0 Å². The van der Waals surface area contributed by atoms with E-state index in [9.17, 15) is 0 Å². The van der Waals surface area contributed by atoms with Gasteiger partial charge in [-0.3, -0.25) is 4.99 Å². The minimum atomic E-state index is 0.00747. The Kier molecular flexibility index (Phi) is 3.47. The van der Waals surface area contributed by atoms with Crippen molar-refractivity contribution in [2.75, 3.05) is 0 Å². The lowest BCUT2D eigenvalue weighted by atomic mass is 9.73. The van der Waals surface area contributed by atoms with Gasteiger partial charge in [0.2, 0.25) is 0 Å². The quantitative estimate of drug-likeness (QED) is 0.523. The van der Waals surface area contributed by atoms with Crippen molar-refractivity contribution in [3.05, 3.63) is 0 Å². The second-order valence-electron chi connectivity index (χ2n) is 6.51. The number of nitrogens with two attached hydrogens (primary N) is 1. The van der Waals surface area contributed by atoms with Crippen LogP contribution in [0.4, 0.5) is 0 Å². The summed E-state index contributed by atoms with van der Waals surface area (Å²) in [4.78, 5) is 4.75. The minimum absolute atomic E-state index is 0.00747. The molecule has 1 saturated carbocycles. The van der Waals surface area contributed by atoms with E-state index in [0.717, 1.165) is 5.84 Å². The van der Waals surface area contributed by atoms with Crippen molar-refractivity contribution in [3.63, 3.8) is 0 Å². The van der Waals surface area contributed by atoms with Crippen LogP contribution in [0.2, 0.25) is 0 Å². The zero-order chi connectivity index (χ0) is 11.7. The average Bonchev–Trinajstić information content (AvgIpc) is 2.06. The molecule has 0 aromatic rings. The van der Waals surface area contributed by atoms with Gasteiger partial charge in [-0.15, -0.1) is 0 Å². The van der Waals surface area contributed by atoms with E-state index in [1.165, 1.54) is 25.7 Å². The topological polar surface area (TPSA) is 38.4 Å². The molecule has 0 amide bonds. The van der Waals surface area contributed by atoms with Crippen molar-refractivity contribution in [1.29, 1.82) is 0 Å². The maximum Gasteiger partial charge on any atom is 0.0994 e. The van der Waals surface area contributed by atoms with Crippen molar-refractivity contribution in [2.45, 2.75) is 66.3 Å². The van der Waals surface area contributed by atoms with Crippen molar-refractivity contribution >= 4 is 5.84 Å². The summed E-state index contributed by atoms with van der Waals surface area (Å²) < 4.78 is 0. The molecule has 88 valence electrons. The summed E-state index contributed by atoms with van der Waals surface area (Å²) in [6.07, 6.45) is 5.12. The first-order valence-corrected chi connectivity index (χ1v) is 6.07. The van der Waals surface area contributed by atoms with Gasteiger partial charge in [0.25, 0.3) is 0 Å². The summed E-state index contributed by atoms with van der Waals surface area (Å²) in [5, 5.41) is 0. The lowest BCUT2D eigenvalue weighted by Crippen LogP contribution is -2.37. The average molecular weight is 210 g/mol. The number of aliphatic imine (C=N–C) groups is 1. The van der Waals surface area contributed by atoms with Gasteiger partial charge in [0, 0.05) is 5.41 Å². The van der Waals surface area contributed by atoms with Gasteiger partial charge in [-0.05, 0) is 18.3 Å². The third-order valence-electron chi connectivity index (χ3n) is 3.51. The van der Waals surface area contributed by atoms with Crippen LogP contribution in [0.25, 0.3) is 0 Å². The fourth-order valence-corrected chi connectivity index (χ4v) is 2.08. The van der Waals surface area contributed by atoms with Crippen LogP contribution in [0.15, 0.2) is 4.99 Å². The van der Waals surface area contributed by atoms with Crippen molar-refractivity contribution in [2.24, 2.45) is 21.6 Å². The third kappa shape index (κ3) is 3.22. The lowest BCUT2D eigenvalue weighted by Gasteiger charge is -2.37. The summed E-state index contributed by atoms with van der Waals surface area (Å²) in [5.74, 6) is 0.808. The number of hydrogen-bond donors (Lipinski definition) is 1. The highest BCUT2D eigenvalue weighted by Crippen LogP contribution is 2.37. The molecular formula is C13H26N2. The smallest absolute Gasteiger partial charge is 0.0994 e. The largest absolute Gasteiger partial charge is 0.387 e. The Balaban J connectivity index is 2.79. The highest BCUT2D eigenvalue weighted by molar-refractivity contribution is 5.85. The molecule has 2 heteroatoms. The monoisotopic (exact) mass is 210 g/mol.